The second-order valence-corrected chi connectivity index (χ2v) is 7.20. The molecule has 5 nitrogen and oxygen atoms in total. The predicted molar refractivity (Wildman–Crippen MR) is 86.6 cm³/mol. The summed E-state index contributed by atoms with van der Waals surface area (Å²) in [5.74, 6) is 1.38. The molecule has 2 aliphatic rings. The number of nitrogens with zero attached hydrogens (tertiary/aromatic N) is 2. The Balaban J connectivity index is 1.85. The second-order valence-electron chi connectivity index (χ2n) is 6.35. The number of nitro benzene ring substituents is 1. The zero-order valence-corrected chi connectivity index (χ0v) is 13.7. The minimum Gasteiger partial charge on any atom is -0.370 e. The average molecular weight is 354 g/mol. The van der Waals surface area contributed by atoms with Crippen molar-refractivity contribution in [2.75, 3.05) is 18.0 Å². The lowest BCUT2D eigenvalue weighted by molar-refractivity contribution is -0.385. The lowest BCUT2D eigenvalue weighted by Crippen LogP contribution is -2.32. The fourth-order valence-corrected chi connectivity index (χ4v) is 4.34. The first kappa shape index (κ1) is 14.8. The summed E-state index contributed by atoms with van der Waals surface area (Å²) >= 11 is 3.50. The Labute approximate surface area is 132 Å². The highest BCUT2D eigenvalue weighted by Crippen LogP contribution is 2.41. The van der Waals surface area contributed by atoms with E-state index in [1.165, 1.54) is 6.42 Å². The lowest BCUT2D eigenvalue weighted by Gasteiger charge is -2.27. The molecule has 2 fully saturated rings. The molecular formula is C15H20BrN3O2. The Morgan fingerprint density at radius 1 is 1.33 bits per heavy atom. The van der Waals surface area contributed by atoms with Crippen molar-refractivity contribution in [3.05, 3.63) is 32.3 Å². The molecule has 1 aliphatic carbocycles. The molecule has 114 valence electrons. The molecule has 1 saturated heterocycles. The van der Waals surface area contributed by atoms with Gasteiger partial charge < -0.3 is 10.6 Å². The maximum absolute atomic E-state index is 11.0. The van der Waals surface area contributed by atoms with Gasteiger partial charge in [0.2, 0.25) is 0 Å². The van der Waals surface area contributed by atoms with E-state index in [4.69, 9.17) is 5.73 Å². The Hall–Kier alpha value is -1.14. The van der Waals surface area contributed by atoms with Crippen LogP contribution in [0.5, 0.6) is 0 Å². The van der Waals surface area contributed by atoms with Crippen LogP contribution >= 0.6 is 15.9 Å². The standard InChI is InChI=1S/C15H20BrN3O2/c1-9-4-15(13(16)6-14(9)19(20)21)18-7-10-2-3-12(17)5-11(10)8-18/h4,6,10-12H,2-3,5,7-8,17H2,1H3/t10-,11+,12?/m1/s1. The SMILES string of the molecule is Cc1cc(N2C[C@H]3CCC(N)C[C@H]3C2)c(Br)cc1[N+](=O)[O-]. The largest absolute Gasteiger partial charge is 0.370 e. The number of halogens is 1. The van der Waals surface area contributed by atoms with E-state index >= 15 is 0 Å². The van der Waals surface area contributed by atoms with E-state index in [0.29, 0.717) is 23.4 Å². The summed E-state index contributed by atoms with van der Waals surface area (Å²) in [6.07, 6.45) is 3.42. The van der Waals surface area contributed by atoms with E-state index in [9.17, 15) is 10.1 Å². The van der Waals surface area contributed by atoms with Crippen LogP contribution in [0.2, 0.25) is 0 Å². The number of nitro groups is 1. The first-order valence-electron chi connectivity index (χ1n) is 7.40. The van der Waals surface area contributed by atoms with Crippen molar-refractivity contribution in [1.82, 2.24) is 0 Å². The average Bonchev–Trinajstić information content (AvgIpc) is 2.83. The number of hydrogen-bond acceptors (Lipinski definition) is 4. The van der Waals surface area contributed by atoms with Gasteiger partial charge in [-0.2, -0.15) is 0 Å². The van der Waals surface area contributed by atoms with Crippen molar-refractivity contribution in [2.24, 2.45) is 17.6 Å². The predicted octanol–water partition coefficient (Wildman–Crippen LogP) is 3.23. The number of benzene rings is 1. The molecule has 6 heteroatoms. The van der Waals surface area contributed by atoms with Crippen molar-refractivity contribution in [2.45, 2.75) is 32.2 Å². The summed E-state index contributed by atoms with van der Waals surface area (Å²) < 4.78 is 0.808. The van der Waals surface area contributed by atoms with Gasteiger partial charge >= 0.3 is 0 Å². The van der Waals surface area contributed by atoms with Crippen molar-refractivity contribution < 1.29 is 4.92 Å². The maximum atomic E-state index is 11.0. The van der Waals surface area contributed by atoms with Crippen LogP contribution in [0.3, 0.4) is 0 Å². The molecule has 0 aromatic heterocycles. The first-order valence-corrected chi connectivity index (χ1v) is 8.20. The number of fused-ring (bicyclic) bond motifs is 1. The van der Waals surface area contributed by atoms with Gasteiger partial charge in [0.05, 0.1) is 10.6 Å². The van der Waals surface area contributed by atoms with E-state index in [1.807, 2.05) is 6.07 Å². The highest BCUT2D eigenvalue weighted by molar-refractivity contribution is 9.10. The zero-order valence-electron chi connectivity index (χ0n) is 12.1. The number of hydrogen-bond donors (Lipinski definition) is 1. The van der Waals surface area contributed by atoms with E-state index < -0.39 is 0 Å². The highest BCUT2D eigenvalue weighted by atomic mass is 79.9. The van der Waals surface area contributed by atoms with Gasteiger partial charge in [0.25, 0.3) is 5.69 Å². The third-order valence-electron chi connectivity index (χ3n) is 4.89. The van der Waals surface area contributed by atoms with E-state index in [1.54, 1.807) is 13.0 Å². The third kappa shape index (κ3) is 2.79. The number of aryl methyl sites for hydroxylation is 1. The van der Waals surface area contributed by atoms with Gasteiger partial charge in [-0.15, -0.1) is 0 Å². The van der Waals surface area contributed by atoms with Crippen LogP contribution in [-0.4, -0.2) is 24.1 Å². The second kappa shape index (κ2) is 5.57. The van der Waals surface area contributed by atoms with Crippen LogP contribution in [0, 0.1) is 28.9 Å². The highest BCUT2D eigenvalue weighted by Gasteiger charge is 2.37. The smallest absolute Gasteiger partial charge is 0.273 e. The minimum absolute atomic E-state index is 0.171. The molecule has 1 aromatic carbocycles. The molecule has 1 saturated carbocycles. The van der Waals surface area contributed by atoms with Gasteiger partial charge in [0.15, 0.2) is 0 Å². The molecule has 0 bridgehead atoms. The lowest BCUT2D eigenvalue weighted by atomic mass is 9.79. The van der Waals surface area contributed by atoms with Crippen LogP contribution in [0.1, 0.15) is 24.8 Å². The van der Waals surface area contributed by atoms with Crippen molar-refractivity contribution in [3.63, 3.8) is 0 Å². The molecule has 1 heterocycles. The van der Waals surface area contributed by atoms with Crippen molar-refractivity contribution in [3.8, 4) is 0 Å². The van der Waals surface area contributed by atoms with Crippen LogP contribution < -0.4 is 10.6 Å². The molecule has 1 aromatic rings. The van der Waals surface area contributed by atoms with Gasteiger partial charge in [-0.3, -0.25) is 10.1 Å². The van der Waals surface area contributed by atoms with Crippen molar-refractivity contribution in [1.29, 1.82) is 0 Å². The third-order valence-corrected chi connectivity index (χ3v) is 5.53. The molecule has 0 radical (unpaired) electrons. The van der Waals surface area contributed by atoms with Crippen LogP contribution in [0.25, 0.3) is 0 Å². The number of nitrogens with two attached hydrogens (primary N) is 1. The quantitative estimate of drug-likeness (QED) is 0.654. The van der Waals surface area contributed by atoms with Crippen LogP contribution in [0.4, 0.5) is 11.4 Å². The fourth-order valence-electron chi connectivity index (χ4n) is 3.76. The van der Waals surface area contributed by atoms with Gasteiger partial charge in [0, 0.05) is 35.2 Å². The monoisotopic (exact) mass is 353 g/mol. The summed E-state index contributed by atoms with van der Waals surface area (Å²) in [4.78, 5) is 13.0. The zero-order chi connectivity index (χ0) is 15.1. The maximum Gasteiger partial charge on any atom is 0.273 e. The molecule has 3 rings (SSSR count). The molecule has 3 atom stereocenters. The summed E-state index contributed by atoms with van der Waals surface area (Å²) in [5.41, 5.74) is 8.03. The molecular weight excluding hydrogens is 334 g/mol. The van der Waals surface area contributed by atoms with Gasteiger partial charge in [-0.05, 0) is 60.0 Å². The summed E-state index contributed by atoms with van der Waals surface area (Å²) in [6, 6.07) is 3.89. The van der Waals surface area contributed by atoms with E-state index in [0.717, 1.165) is 36.1 Å². The Morgan fingerprint density at radius 3 is 2.76 bits per heavy atom. The number of rotatable bonds is 2. The summed E-state index contributed by atoms with van der Waals surface area (Å²) in [6.45, 7) is 3.84. The Morgan fingerprint density at radius 2 is 2.05 bits per heavy atom. The van der Waals surface area contributed by atoms with E-state index in [-0.39, 0.29) is 10.6 Å². The van der Waals surface area contributed by atoms with Crippen LogP contribution in [0.15, 0.2) is 16.6 Å². The topological polar surface area (TPSA) is 72.4 Å². The molecule has 1 aliphatic heterocycles. The Kier molecular flexibility index (Phi) is 3.92. The molecule has 21 heavy (non-hydrogen) atoms. The fraction of sp³-hybridized carbons (Fsp3) is 0.600. The molecule has 0 spiro atoms. The van der Waals surface area contributed by atoms with Crippen LogP contribution in [-0.2, 0) is 0 Å². The van der Waals surface area contributed by atoms with Gasteiger partial charge in [-0.1, -0.05) is 0 Å². The summed E-state index contributed by atoms with van der Waals surface area (Å²) in [7, 11) is 0. The minimum atomic E-state index is -0.327. The molecule has 0 amide bonds. The Bertz CT molecular complexity index is 578. The normalized spacial score (nSPS) is 28.5. The summed E-state index contributed by atoms with van der Waals surface area (Å²) in [5, 5.41) is 11.0. The number of anilines is 1. The van der Waals surface area contributed by atoms with Crippen molar-refractivity contribution >= 4 is 27.3 Å². The van der Waals surface area contributed by atoms with Gasteiger partial charge in [-0.25, -0.2) is 0 Å². The molecule has 2 N–H and O–H groups in total. The first-order chi connectivity index (χ1) is 9.95. The molecule has 1 unspecified atom stereocenters. The van der Waals surface area contributed by atoms with E-state index in [2.05, 4.69) is 20.8 Å². The van der Waals surface area contributed by atoms with Gasteiger partial charge in [0.1, 0.15) is 0 Å².